The Morgan fingerprint density at radius 1 is 0.593 bits per heavy atom. The normalized spacial score (nSPS) is 12.8. The number of nitrogens with one attached hydrogen (secondary N) is 2. The Hall–Kier alpha value is -6.04. The molecule has 7 aromatic rings. The van der Waals surface area contributed by atoms with Gasteiger partial charge in [-0.15, -0.1) is 0 Å². The van der Waals surface area contributed by atoms with E-state index < -0.39 is 54.4 Å². The van der Waals surface area contributed by atoms with E-state index in [4.69, 9.17) is 21.1 Å². The first-order valence-corrected chi connectivity index (χ1v) is 20.9. The van der Waals surface area contributed by atoms with Crippen LogP contribution in [0.15, 0.2) is 108 Å². The molecule has 2 N–H and O–H groups in total. The standard InChI is InChI=1S/C22H14ClF3N2O3S.C19H16F2N2O3S/c1-12-8-22(16-9-13(24)2-6-20(16)27-12)31-14-3-7-21(19(26)10-14)28-32(29,30)15-4-5-18(25)17(23)11-15;1-11-8-19(15-9-12(20)2-6-17(15)22-11)26-13-3-7-18(16(21)10-13)23-27(24,25)14-4-5-14/h2-11,28H,1H3;2-3,6-10,14,23H,4-5H2,1H3. The van der Waals surface area contributed by atoms with Crippen LogP contribution in [0.3, 0.4) is 0 Å². The molecule has 304 valence electrons. The van der Waals surface area contributed by atoms with Crippen LogP contribution in [0.25, 0.3) is 21.8 Å². The number of rotatable bonds is 10. The highest BCUT2D eigenvalue weighted by atomic mass is 35.5. The van der Waals surface area contributed by atoms with Gasteiger partial charge in [-0.05, 0) is 106 Å². The fourth-order valence-corrected chi connectivity index (χ4v) is 8.49. The lowest BCUT2D eigenvalue weighted by Gasteiger charge is -2.13. The number of aromatic nitrogens is 2. The van der Waals surface area contributed by atoms with Crippen molar-refractivity contribution in [1.82, 2.24) is 9.97 Å². The maximum absolute atomic E-state index is 14.6. The van der Waals surface area contributed by atoms with Crippen LogP contribution in [0.5, 0.6) is 23.0 Å². The van der Waals surface area contributed by atoms with E-state index in [1.165, 1.54) is 54.6 Å². The zero-order valence-electron chi connectivity index (χ0n) is 30.7. The lowest BCUT2D eigenvalue weighted by Crippen LogP contribution is -2.18. The molecule has 5 aromatic carbocycles. The minimum atomic E-state index is -4.22. The Bertz CT molecular complexity index is 3010. The summed E-state index contributed by atoms with van der Waals surface area (Å²) in [5.41, 5.74) is 1.86. The van der Waals surface area contributed by atoms with Crippen molar-refractivity contribution in [3.63, 3.8) is 0 Å². The van der Waals surface area contributed by atoms with Gasteiger partial charge in [-0.1, -0.05) is 11.6 Å². The van der Waals surface area contributed by atoms with Crippen molar-refractivity contribution in [3.8, 4) is 23.0 Å². The number of hydrogen-bond donors (Lipinski definition) is 2. The van der Waals surface area contributed by atoms with Gasteiger partial charge >= 0.3 is 0 Å². The third-order valence-corrected chi connectivity index (χ3v) is 12.2. The van der Waals surface area contributed by atoms with E-state index in [1.54, 1.807) is 32.0 Å². The molecule has 0 amide bonds. The van der Waals surface area contributed by atoms with Crippen LogP contribution >= 0.6 is 11.6 Å². The maximum atomic E-state index is 14.6. The predicted molar refractivity (Wildman–Crippen MR) is 214 cm³/mol. The van der Waals surface area contributed by atoms with Crippen LogP contribution in [0.4, 0.5) is 33.3 Å². The van der Waals surface area contributed by atoms with Crippen LogP contribution in [-0.4, -0.2) is 32.1 Å². The molecule has 1 aliphatic carbocycles. The van der Waals surface area contributed by atoms with Crippen LogP contribution in [0, 0.1) is 42.9 Å². The lowest BCUT2D eigenvalue weighted by molar-refractivity contribution is 0.481. The fraction of sp³-hybridized carbons (Fsp3) is 0.122. The zero-order chi connectivity index (χ0) is 42.2. The summed E-state index contributed by atoms with van der Waals surface area (Å²) in [6.07, 6.45) is 1.17. The van der Waals surface area contributed by atoms with Crippen molar-refractivity contribution in [3.05, 3.63) is 149 Å². The SMILES string of the molecule is Cc1cc(Oc2ccc(NS(=O)(=O)C3CC3)c(F)c2)c2cc(F)ccc2n1.Cc1cc(Oc2ccc(NS(=O)(=O)c3ccc(F)c(Cl)c3)c(F)c2)c2cc(F)ccc2n1. The molecule has 8 rings (SSSR count). The summed E-state index contributed by atoms with van der Waals surface area (Å²) < 4.78 is 134. The number of nitrogens with zero attached hydrogens (tertiary/aromatic N) is 2. The number of ether oxygens (including phenoxy) is 2. The molecule has 0 atom stereocenters. The first-order chi connectivity index (χ1) is 27.9. The Labute approximate surface area is 339 Å². The van der Waals surface area contributed by atoms with Gasteiger partial charge in [0.1, 0.15) is 40.4 Å². The number of pyridine rings is 2. The highest BCUT2D eigenvalue weighted by Gasteiger charge is 2.36. The summed E-state index contributed by atoms with van der Waals surface area (Å²) in [6.45, 7) is 3.50. The molecular formula is C41H30ClF5N4O6S2. The number of benzene rings is 5. The minimum Gasteiger partial charge on any atom is -0.456 e. The third-order valence-electron chi connectivity index (χ3n) is 8.72. The first-order valence-electron chi connectivity index (χ1n) is 17.5. The first kappa shape index (κ1) is 41.1. The summed E-state index contributed by atoms with van der Waals surface area (Å²) in [5, 5.41) is 0.0239. The second-order valence-electron chi connectivity index (χ2n) is 13.4. The number of hydrogen-bond acceptors (Lipinski definition) is 8. The minimum absolute atomic E-state index is 0.0615. The topological polar surface area (TPSA) is 137 Å². The van der Waals surface area contributed by atoms with Gasteiger partial charge in [-0.3, -0.25) is 19.4 Å². The molecular weight excluding hydrogens is 839 g/mol. The van der Waals surface area contributed by atoms with Gasteiger partial charge in [0, 0.05) is 46.4 Å². The van der Waals surface area contributed by atoms with Crippen LogP contribution in [0.1, 0.15) is 24.2 Å². The molecule has 2 aromatic heterocycles. The highest BCUT2D eigenvalue weighted by molar-refractivity contribution is 7.93. The second-order valence-corrected chi connectivity index (χ2v) is 17.4. The Balaban J connectivity index is 0.000000181. The predicted octanol–water partition coefficient (Wildman–Crippen LogP) is 10.7. The average molecular weight is 869 g/mol. The second kappa shape index (κ2) is 16.3. The molecule has 0 saturated heterocycles. The van der Waals surface area contributed by atoms with Gasteiger partial charge < -0.3 is 9.47 Å². The van der Waals surface area contributed by atoms with Crippen molar-refractivity contribution in [1.29, 1.82) is 0 Å². The third kappa shape index (κ3) is 9.64. The van der Waals surface area contributed by atoms with Gasteiger partial charge in [-0.2, -0.15) is 0 Å². The van der Waals surface area contributed by atoms with Gasteiger partial charge in [0.15, 0.2) is 11.6 Å². The Kier molecular flexibility index (Phi) is 11.4. The molecule has 18 heteroatoms. The number of anilines is 2. The molecule has 0 aliphatic heterocycles. The van der Waals surface area contributed by atoms with Crippen LogP contribution < -0.4 is 18.9 Å². The van der Waals surface area contributed by atoms with E-state index in [0.717, 1.165) is 30.3 Å². The van der Waals surface area contributed by atoms with Crippen molar-refractivity contribution >= 4 is 64.8 Å². The van der Waals surface area contributed by atoms with Crippen LogP contribution in [-0.2, 0) is 20.0 Å². The fourth-order valence-electron chi connectivity index (χ4n) is 5.76. The summed E-state index contributed by atoms with van der Waals surface area (Å²) in [7, 11) is -7.77. The summed E-state index contributed by atoms with van der Waals surface area (Å²) >= 11 is 5.63. The number of aryl methyl sites for hydroxylation is 2. The van der Waals surface area contributed by atoms with Gasteiger partial charge in [0.25, 0.3) is 10.0 Å². The van der Waals surface area contributed by atoms with E-state index in [1.807, 2.05) is 0 Å². The van der Waals surface area contributed by atoms with E-state index >= 15 is 0 Å². The molecule has 59 heavy (non-hydrogen) atoms. The molecule has 2 heterocycles. The monoisotopic (exact) mass is 868 g/mol. The summed E-state index contributed by atoms with van der Waals surface area (Å²) in [4.78, 5) is 8.29. The zero-order valence-corrected chi connectivity index (χ0v) is 33.1. The largest absolute Gasteiger partial charge is 0.456 e. The van der Waals surface area contributed by atoms with Crippen LogP contribution in [0.2, 0.25) is 5.02 Å². The molecule has 1 aliphatic rings. The van der Waals surface area contributed by atoms with Crippen molar-refractivity contribution in [2.75, 3.05) is 9.44 Å². The van der Waals surface area contributed by atoms with E-state index in [-0.39, 0.29) is 38.5 Å². The Morgan fingerprint density at radius 3 is 1.54 bits per heavy atom. The molecule has 10 nitrogen and oxygen atoms in total. The molecule has 0 unspecified atom stereocenters. The number of fused-ring (bicyclic) bond motifs is 2. The molecule has 1 fully saturated rings. The molecule has 0 bridgehead atoms. The number of sulfonamides is 2. The quantitative estimate of drug-likeness (QED) is 0.130. The lowest BCUT2D eigenvalue weighted by atomic mass is 10.2. The van der Waals surface area contributed by atoms with E-state index in [9.17, 15) is 38.8 Å². The van der Waals surface area contributed by atoms with Crippen molar-refractivity contribution < 1.29 is 48.3 Å². The summed E-state index contributed by atoms with van der Waals surface area (Å²) in [6, 6.07) is 21.6. The average Bonchev–Trinajstić information content (AvgIpc) is 4.03. The number of halogens is 6. The van der Waals surface area contributed by atoms with Gasteiger partial charge in [0.2, 0.25) is 10.0 Å². The maximum Gasteiger partial charge on any atom is 0.262 e. The molecule has 0 spiro atoms. The van der Waals surface area contributed by atoms with E-state index in [2.05, 4.69) is 19.4 Å². The Morgan fingerprint density at radius 2 is 1.08 bits per heavy atom. The highest BCUT2D eigenvalue weighted by Crippen LogP contribution is 2.35. The van der Waals surface area contributed by atoms with Gasteiger partial charge in [-0.25, -0.2) is 38.8 Å². The smallest absolute Gasteiger partial charge is 0.262 e. The van der Waals surface area contributed by atoms with Crippen molar-refractivity contribution in [2.24, 2.45) is 0 Å². The van der Waals surface area contributed by atoms with Crippen molar-refractivity contribution in [2.45, 2.75) is 36.8 Å². The van der Waals surface area contributed by atoms with E-state index in [0.29, 0.717) is 51.8 Å². The molecule has 0 radical (unpaired) electrons. The summed E-state index contributed by atoms with van der Waals surface area (Å²) in [5.74, 6) is -2.54. The molecule has 1 saturated carbocycles. The van der Waals surface area contributed by atoms with Gasteiger partial charge in [0.05, 0.1) is 37.6 Å².